The lowest BCUT2D eigenvalue weighted by Crippen LogP contribution is -2.58. The fraction of sp³-hybridized carbons (Fsp3) is 0.875. The van der Waals surface area contributed by atoms with Crippen LogP contribution in [0.4, 0.5) is 0 Å². The zero-order valence-corrected chi connectivity index (χ0v) is 13.5. The normalized spacial score (nSPS) is 22.5. The van der Waals surface area contributed by atoms with Crippen LogP contribution >= 0.6 is 0 Å². The first-order valence-corrected chi connectivity index (χ1v) is 8.29. The smallest absolute Gasteiger partial charge is 0.248 e. The molecule has 1 spiro atoms. The lowest BCUT2D eigenvalue weighted by molar-refractivity contribution is -0.140. The molecule has 5 nitrogen and oxygen atoms in total. The van der Waals surface area contributed by atoms with Crippen molar-refractivity contribution < 1.29 is 9.59 Å². The van der Waals surface area contributed by atoms with E-state index in [1.54, 1.807) is 0 Å². The van der Waals surface area contributed by atoms with Gasteiger partial charge in [0, 0.05) is 19.5 Å². The van der Waals surface area contributed by atoms with Gasteiger partial charge in [0.1, 0.15) is 5.54 Å². The Bertz CT molecular complexity index is 376. The number of amides is 2. The standard InChI is InChI=1S/C16H29N3O2/c1-18(2)11-6-7-12-19-13-8-14(20)17-16(15(19)21)9-4-3-5-10-16/h3-13H2,1-2H3,(H,17,20). The number of unbranched alkanes of at least 4 members (excludes halogenated alkanes) is 1. The van der Waals surface area contributed by atoms with E-state index in [0.717, 1.165) is 51.6 Å². The van der Waals surface area contributed by atoms with Crippen molar-refractivity contribution >= 4 is 11.8 Å². The third-order valence-corrected chi connectivity index (χ3v) is 4.67. The summed E-state index contributed by atoms with van der Waals surface area (Å²) in [7, 11) is 4.13. The zero-order valence-electron chi connectivity index (χ0n) is 13.5. The number of nitrogens with zero attached hydrogens (tertiary/aromatic N) is 2. The second-order valence-electron chi connectivity index (χ2n) is 6.74. The van der Waals surface area contributed by atoms with Gasteiger partial charge in [-0.1, -0.05) is 19.3 Å². The Kier molecular flexibility index (Phi) is 5.62. The molecule has 2 rings (SSSR count). The Morgan fingerprint density at radius 3 is 2.52 bits per heavy atom. The maximum Gasteiger partial charge on any atom is 0.248 e. The first-order valence-electron chi connectivity index (χ1n) is 8.29. The third kappa shape index (κ3) is 4.19. The molecule has 0 radical (unpaired) electrons. The minimum absolute atomic E-state index is 0.0426. The Hall–Kier alpha value is -1.10. The van der Waals surface area contributed by atoms with Crippen molar-refractivity contribution in [1.82, 2.24) is 15.1 Å². The first kappa shape index (κ1) is 16.3. The number of carbonyl (C=O) groups excluding carboxylic acids is 2. The van der Waals surface area contributed by atoms with E-state index in [1.165, 1.54) is 6.42 Å². The zero-order chi connectivity index (χ0) is 15.3. The molecule has 120 valence electrons. The topological polar surface area (TPSA) is 52.6 Å². The van der Waals surface area contributed by atoms with Gasteiger partial charge in [0.2, 0.25) is 11.8 Å². The molecule has 1 saturated heterocycles. The highest BCUT2D eigenvalue weighted by molar-refractivity contribution is 5.93. The minimum atomic E-state index is -0.590. The van der Waals surface area contributed by atoms with Crippen molar-refractivity contribution in [3.05, 3.63) is 0 Å². The average Bonchev–Trinajstić information content (AvgIpc) is 2.56. The molecule has 0 bridgehead atoms. The number of carbonyl (C=O) groups is 2. The summed E-state index contributed by atoms with van der Waals surface area (Å²) in [6, 6.07) is 0. The summed E-state index contributed by atoms with van der Waals surface area (Å²) in [6.45, 7) is 2.40. The third-order valence-electron chi connectivity index (χ3n) is 4.67. The summed E-state index contributed by atoms with van der Waals surface area (Å²) in [4.78, 5) is 29.0. The van der Waals surface area contributed by atoms with Gasteiger partial charge in [0.25, 0.3) is 0 Å². The minimum Gasteiger partial charge on any atom is -0.342 e. The van der Waals surface area contributed by atoms with Gasteiger partial charge in [0.05, 0.1) is 0 Å². The molecule has 2 fully saturated rings. The van der Waals surface area contributed by atoms with Crippen LogP contribution in [0.3, 0.4) is 0 Å². The number of hydrogen-bond acceptors (Lipinski definition) is 3. The van der Waals surface area contributed by atoms with Gasteiger partial charge >= 0.3 is 0 Å². The van der Waals surface area contributed by atoms with Gasteiger partial charge in [-0.15, -0.1) is 0 Å². The van der Waals surface area contributed by atoms with Crippen LogP contribution in [0.25, 0.3) is 0 Å². The number of nitrogens with one attached hydrogen (secondary N) is 1. The molecule has 1 aliphatic carbocycles. The Labute approximate surface area is 128 Å². The van der Waals surface area contributed by atoms with Crippen LogP contribution in [-0.2, 0) is 9.59 Å². The van der Waals surface area contributed by atoms with Gasteiger partial charge in [-0.05, 0) is 46.3 Å². The summed E-state index contributed by atoms with van der Waals surface area (Å²) in [5.74, 6) is 0.207. The summed E-state index contributed by atoms with van der Waals surface area (Å²) in [5.41, 5.74) is -0.590. The van der Waals surface area contributed by atoms with Gasteiger partial charge in [-0.3, -0.25) is 9.59 Å². The molecular weight excluding hydrogens is 266 g/mol. The van der Waals surface area contributed by atoms with E-state index < -0.39 is 5.54 Å². The van der Waals surface area contributed by atoms with Crippen LogP contribution in [0, 0.1) is 0 Å². The molecule has 21 heavy (non-hydrogen) atoms. The second kappa shape index (κ2) is 7.25. The molecule has 0 aromatic carbocycles. The monoisotopic (exact) mass is 295 g/mol. The van der Waals surface area contributed by atoms with E-state index in [-0.39, 0.29) is 11.8 Å². The Balaban J connectivity index is 1.96. The number of hydrogen-bond donors (Lipinski definition) is 1. The van der Waals surface area contributed by atoms with Crippen molar-refractivity contribution in [3.8, 4) is 0 Å². The molecular formula is C16H29N3O2. The fourth-order valence-electron chi connectivity index (χ4n) is 3.46. The van der Waals surface area contributed by atoms with Crippen LogP contribution < -0.4 is 5.32 Å². The molecule has 0 unspecified atom stereocenters. The lowest BCUT2D eigenvalue weighted by atomic mass is 9.80. The molecule has 0 aromatic rings. The van der Waals surface area contributed by atoms with Crippen LogP contribution in [-0.4, -0.2) is 60.9 Å². The van der Waals surface area contributed by atoms with E-state index in [0.29, 0.717) is 13.0 Å². The highest BCUT2D eigenvalue weighted by Crippen LogP contribution is 2.31. The van der Waals surface area contributed by atoms with Crippen molar-refractivity contribution in [2.24, 2.45) is 0 Å². The summed E-state index contributed by atoms with van der Waals surface area (Å²) in [6.07, 6.45) is 7.42. The highest BCUT2D eigenvalue weighted by atomic mass is 16.2. The highest BCUT2D eigenvalue weighted by Gasteiger charge is 2.44. The average molecular weight is 295 g/mol. The SMILES string of the molecule is CN(C)CCCCN1CCC(=O)NC2(CCCCC2)C1=O. The molecule has 1 heterocycles. The molecule has 2 amide bonds. The van der Waals surface area contributed by atoms with E-state index in [4.69, 9.17) is 0 Å². The summed E-state index contributed by atoms with van der Waals surface area (Å²) >= 11 is 0. The van der Waals surface area contributed by atoms with E-state index in [2.05, 4.69) is 24.3 Å². The second-order valence-corrected chi connectivity index (χ2v) is 6.74. The molecule has 1 saturated carbocycles. The molecule has 1 N–H and O–H groups in total. The maximum absolute atomic E-state index is 12.9. The van der Waals surface area contributed by atoms with Gasteiger partial charge in [-0.25, -0.2) is 0 Å². The van der Waals surface area contributed by atoms with Crippen molar-refractivity contribution in [2.45, 2.75) is 56.9 Å². The van der Waals surface area contributed by atoms with Crippen LogP contribution in [0.15, 0.2) is 0 Å². The van der Waals surface area contributed by atoms with Gasteiger partial charge in [0.15, 0.2) is 0 Å². The van der Waals surface area contributed by atoms with Crippen molar-refractivity contribution in [1.29, 1.82) is 0 Å². The largest absolute Gasteiger partial charge is 0.342 e. The summed E-state index contributed by atoms with van der Waals surface area (Å²) < 4.78 is 0. The van der Waals surface area contributed by atoms with Crippen LogP contribution in [0.2, 0.25) is 0 Å². The quantitative estimate of drug-likeness (QED) is 0.780. The lowest BCUT2D eigenvalue weighted by Gasteiger charge is -2.38. The maximum atomic E-state index is 12.9. The van der Waals surface area contributed by atoms with Gasteiger partial charge in [-0.2, -0.15) is 0 Å². The van der Waals surface area contributed by atoms with Crippen molar-refractivity contribution in [2.75, 3.05) is 33.7 Å². The summed E-state index contributed by atoms with van der Waals surface area (Å²) in [5, 5.41) is 3.04. The molecule has 2 aliphatic rings. The molecule has 0 atom stereocenters. The van der Waals surface area contributed by atoms with E-state index in [1.807, 2.05) is 4.90 Å². The number of rotatable bonds is 5. The first-order chi connectivity index (χ1) is 10.0. The van der Waals surface area contributed by atoms with E-state index >= 15 is 0 Å². The molecule has 0 aromatic heterocycles. The Morgan fingerprint density at radius 1 is 1.14 bits per heavy atom. The molecule has 5 heteroatoms. The molecule has 1 aliphatic heterocycles. The van der Waals surface area contributed by atoms with Gasteiger partial charge < -0.3 is 15.1 Å². The van der Waals surface area contributed by atoms with Crippen molar-refractivity contribution in [3.63, 3.8) is 0 Å². The fourth-order valence-corrected chi connectivity index (χ4v) is 3.46. The predicted molar refractivity (Wildman–Crippen MR) is 82.9 cm³/mol. The Morgan fingerprint density at radius 2 is 1.86 bits per heavy atom. The predicted octanol–water partition coefficient (Wildman–Crippen LogP) is 1.38. The van der Waals surface area contributed by atoms with Crippen LogP contribution in [0.5, 0.6) is 0 Å². The van der Waals surface area contributed by atoms with Crippen LogP contribution in [0.1, 0.15) is 51.4 Å². The van der Waals surface area contributed by atoms with E-state index in [9.17, 15) is 9.59 Å².